The smallest absolute Gasteiger partial charge is 0.254 e. The number of likely N-dealkylation sites (tertiary alicyclic amines) is 1. The highest BCUT2D eigenvalue weighted by molar-refractivity contribution is 6.01. The standard InChI is InChI=1S/C20H24N2O4/c23-18-7-8-19(24)22(18)11-14-1-3-16(4-2-14)20(25)21(17-5-6-17)12-15-9-10-26-13-15/h1-4,15,17H,5-13H2. The van der Waals surface area contributed by atoms with Crippen LogP contribution in [0.3, 0.4) is 0 Å². The zero-order chi connectivity index (χ0) is 18.1. The van der Waals surface area contributed by atoms with E-state index in [2.05, 4.69) is 0 Å². The van der Waals surface area contributed by atoms with Gasteiger partial charge in [0.15, 0.2) is 0 Å². The predicted molar refractivity (Wildman–Crippen MR) is 94.2 cm³/mol. The molecule has 3 fully saturated rings. The van der Waals surface area contributed by atoms with Gasteiger partial charge in [0.25, 0.3) is 5.91 Å². The first kappa shape index (κ1) is 17.2. The van der Waals surface area contributed by atoms with Crippen molar-refractivity contribution in [3.63, 3.8) is 0 Å². The molecule has 3 aliphatic rings. The molecule has 0 aromatic heterocycles. The maximum atomic E-state index is 12.9. The van der Waals surface area contributed by atoms with Crippen LogP contribution < -0.4 is 0 Å². The zero-order valence-corrected chi connectivity index (χ0v) is 14.9. The molecule has 4 rings (SSSR count). The van der Waals surface area contributed by atoms with Crippen LogP contribution in [0.25, 0.3) is 0 Å². The lowest BCUT2D eigenvalue weighted by atomic mass is 10.1. The van der Waals surface area contributed by atoms with Crippen molar-refractivity contribution in [3.05, 3.63) is 35.4 Å². The molecule has 138 valence electrons. The number of carbonyl (C=O) groups is 3. The third-order valence-electron chi connectivity index (χ3n) is 5.42. The molecule has 26 heavy (non-hydrogen) atoms. The summed E-state index contributed by atoms with van der Waals surface area (Å²) in [5, 5.41) is 0. The molecule has 0 N–H and O–H groups in total. The summed E-state index contributed by atoms with van der Waals surface area (Å²) >= 11 is 0. The molecule has 2 heterocycles. The summed E-state index contributed by atoms with van der Waals surface area (Å²) in [4.78, 5) is 39.7. The van der Waals surface area contributed by atoms with Crippen LogP contribution in [0.4, 0.5) is 0 Å². The largest absolute Gasteiger partial charge is 0.381 e. The molecule has 1 unspecified atom stereocenters. The highest BCUT2D eigenvalue weighted by Gasteiger charge is 2.35. The van der Waals surface area contributed by atoms with Crippen molar-refractivity contribution in [2.24, 2.45) is 5.92 Å². The number of carbonyl (C=O) groups excluding carboxylic acids is 3. The van der Waals surface area contributed by atoms with Crippen molar-refractivity contribution < 1.29 is 19.1 Å². The van der Waals surface area contributed by atoms with E-state index < -0.39 is 0 Å². The molecule has 0 spiro atoms. The summed E-state index contributed by atoms with van der Waals surface area (Å²) in [5.74, 6) is 0.271. The van der Waals surface area contributed by atoms with Gasteiger partial charge in [-0.25, -0.2) is 0 Å². The van der Waals surface area contributed by atoms with Crippen LogP contribution in [0, 0.1) is 5.92 Å². The summed E-state index contributed by atoms with van der Waals surface area (Å²) in [5.41, 5.74) is 1.53. The molecule has 0 bridgehead atoms. The summed E-state index contributed by atoms with van der Waals surface area (Å²) in [6.45, 7) is 2.59. The molecule has 6 nitrogen and oxygen atoms in total. The maximum absolute atomic E-state index is 12.9. The summed E-state index contributed by atoms with van der Waals surface area (Å²) in [6.07, 6.45) is 3.79. The Morgan fingerprint density at radius 1 is 1.08 bits per heavy atom. The summed E-state index contributed by atoms with van der Waals surface area (Å²) in [6, 6.07) is 7.67. The molecular formula is C20H24N2O4. The molecule has 3 amide bonds. The van der Waals surface area contributed by atoms with Gasteiger partial charge in [-0.3, -0.25) is 19.3 Å². The van der Waals surface area contributed by atoms with Crippen LogP contribution in [0.1, 0.15) is 48.0 Å². The highest BCUT2D eigenvalue weighted by atomic mass is 16.5. The molecule has 6 heteroatoms. The molecule has 0 radical (unpaired) electrons. The fraction of sp³-hybridized carbons (Fsp3) is 0.550. The van der Waals surface area contributed by atoms with Crippen LogP contribution in [0.15, 0.2) is 24.3 Å². The predicted octanol–water partition coefficient (Wildman–Crippen LogP) is 1.98. The van der Waals surface area contributed by atoms with Crippen molar-refractivity contribution in [1.29, 1.82) is 0 Å². The van der Waals surface area contributed by atoms with Crippen molar-refractivity contribution in [2.45, 2.75) is 44.7 Å². The van der Waals surface area contributed by atoms with Gasteiger partial charge in [-0.1, -0.05) is 12.1 Å². The number of imide groups is 1. The lowest BCUT2D eigenvalue weighted by molar-refractivity contribution is -0.139. The fourth-order valence-electron chi connectivity index (χ4n) is 3.69. The van der Waals surface area contributed by atoms with E-state index in [1.54, 1.807) is 0 Å². The van der Waals surface area contributed by atoms with E-state index in [9.17, 15) is 14.4 Å². The quantitative estimate of drug-likeness (QED) is 0.731. The van der Waals surface area contributed by atoms with E-state index in [0.29, 0.717) is 30.4 Å². The molecule has 1 aromatic carbocycles. The number of ether oxygens (including phenoxy) is 1. The van der Waals surface area contributed by atoms with E-state index in [0.717, 1.165) is 44.6 Å². The van der Waals surface area contributed by atoms with E-state index >= 15 is 0 Å². The van der Waals surface area contributed by atoms with E-state index in [4.69, 9.17) is 4.74 Å². The maximum Gasteiger partial charge on any atom is 0.254 e. The topological polar surface area (TPSA) is 66.9 Å². The first-order chi connectivity index (χ1) is 12.6. The van der Waals surface area contributed by atoms with Gasteiger partial charge < -0.3 is 9.64 Å². The van der Waals surface area contributed by atoms with Crippen LogP contribution in [0.5, 0.6) is 0 Å². The first-order valence-corrected chi connectivity index (χ1v) is 9.42. The van der Waals surface area contributed by atoms with Crippen molar-refractivity contribution in [1.82, 2.24) is 9.80 Å². The number of nitrogens with zero attached hydrogens (tertiary/aromatic N) is 2. The molecular weight excluding hydrogens is 332 g/mol. The van der Waals surface area contributed by atoms with Gasteiger partial charge in [-0.15, -0.1) is 0 Å². The SMILES string of the molecule is O=C1CCC(=O)N1Cc1ccc(C(=O)N(CC2CCOC2)C2CC2)cc1. The summed E-state index contributed by atoms with van der Waals surface area (Å²) in [7, 11) is 0. The number of benzene rings is 1. The van der Waals surface area contributed by atoms with Gasteiger partial charge in [-0.2, -0.15) is 0 Å². The second-order valence-electron chi connectivity index (χ2n) is 7.49. The highest BCUT2D eigenvalue weighted by Crippen LogP contribution is 2.30. The normalized spacial score (nSPS) is 22.9. The molecule has 1 aromatic rings. The monoisotopic (exact) mass is 356 g/mol. The van der Waals surface area contributed by atoms with E-state index in [-0.39, 0.29) is 24.3 Å². The Morgan fingerprint density at radius 3 is 2.35 bits per heavy atom. The molecule has 1 atom stereocenters. The van der Waals surface area contributed by atoms with Crippen molar-refractivity contribution in [3.8, 4) is 0 Å². The van der Waals surface area contributed by atoms with Gasteiger partial charge in [0.05, 0.1) is 13.2 Å². The van der Waals surface area contributed by atoms with E-state index in [1.165, 1.54) is 4.90 Å². The minimum absolute atomic E-state index is 0.0688. The average molecular weight is 356 g/mol. The van der Waals surface area contributed by atoms with Crippen molar-refractivity contribution >= 4 is 17.7 Å². The second-order valence-corrected chi connectivity index (χ2v) is 7.49. The van der Waals surface area contributed by atoms with Gasteiger partial charge >= 0.3 is 0 Å². The zero-order valence-electron chi connectivity index (χ0n) is 14.9. The number of hydrogen-bond donors (Lipinski definition) is 0. The van der Waals surface area contributed by atoms with Gasteiger partial charge in [-0.05, 0) is 37.0 Å². The molecule has 2 aliphatic heterocycles. The van der Waals surface area contributed by atoms with Gasteiger partial charge in [0, 0.05) is 43.5 Å². The molecule has 1 saturated carbocycles. The summed E-state index contributed by atoms with van der Waals surface area (Å²) < 4.78 is 5.44. The Morgan fingerprint density at radius 2 is 1.77 bits per heavy atom. The third-order valence-corrected chi connectivity index (χ3v) is 5.42. The number of amides is 3. The van der Waals surface area contributed by atoms with Crippen LogP contribution >= 0.6 is 0 Å². The molecule has 2 saturated heterocycles. The van der Waals surface area contributed by atoms with Gasteiger partial charge in [0.2, 0.25) is 11.8 Å². The molecule has 1 aliphatic carbocycles. The minimum atomic E-state index is -0.117. The second kappa shape index (κ2) is 7.19. The lowest BCUT2D eigenvalue weighted by Gasteiger charge is -2.25. The Hall–Kier alpha value is -2.21. The van der Waals surface area contributed by atoms with E-state index in [1.807, 2.05) is 29.2 Å². The average Bonchev–Trinajstić information content (AvgIpc) is 3.28. The Labute approximate surface area is 153 Å². The van der Waals surface area contributed by atoms with Crippen LogP contribution in [0.2, 0.25) is 0 Å². The van der Waals surface area contributed by atoms with Crippen LogP contribution in [-0.2, 0) is 20.9 Å². The minimum Gasteiger partial charge on any atom is -0.381 e. The third kappa shape index (κ3) is 3.65. The Balaban J connectivity index is 1.42. The van der Waals surface area contributed by atoms with Gasteiger partial charge in [0.1, 0.15) is 0 Å². The Bertz CT molecular complexity index is 689. The first-order valence-electron chi connectivity index (χ1n) is 9.42. The lowest BCUT2D eigenvalue weighted by Crippen LogP contribution is -2.37. The van der Waals surface area contributed by atoms with Crippen LogP contribution in [-0.4, -0.2) is 53.3 Å². The Kier molecular flexibility index (Phi) is 4.76. The van der Waals surface area contributed by atoms with Crippen molar-refractivity contribution in [2.75, 3.05) is 19.8 Å². The number of hydrogen-bond acceptors (Lipinski definition) is 4. The fourth-order valence-corrected chi connectivity index (χ4v) is 3.69. The number of rotatable bonds is 6.